The summed E-state index contributed by atoms with van der Waals surface area (Å²) in [6, 6.07) is 4.16. The van der Waals surface area contributed by atoms with Gasteiger partial charge in [-0.05, 0) is 6.07 Å². The summed E-state index contributed by atoms with van der Waals surface area (Å²) in [5.74, 6) is 0.510. The first-order valence-corrected chi connectivity index (χ1v) is 6.71. The van der Waals surface area contributed by atoms with Crippen LogP contribution in [0.1, 0.15) is 19.8 Å². The minimum atomic E-state index is -0.499. The lowest BCUT2D eigenvalue weighted by Gasteiger charge is -2.31. The number of benzene rings is 1. The molecule has 1 aromatic carbocycles. The van der Waals surface area contributed by atoms with E-state index < -0.39 is 4.92 Å². The van der Waals surface area contributed by atoms with Crippen molar-refractivity contribution in [2.24, 2.45) is 0 Å². The maximum Gasteiger partial charge on any atom is 0.271 e. The lowest BCUT2D eigenvalue weighted by Crippen LogP contribution is -2.40. The standard InChI is InChI=1S/C13H15ClN2O4/c1-9(17)15-6-4-11(5-7-15)20-13-3-2-10(16(18)19)8-12(13)14/h2-3,8,11H,4-7H2,1H3. The number of nitro benzene ring substituents is 1. The van der Waals surface area contributed by atoms with Crippen LogP contribution in [0.15, 0.2) is 18.2 Å². The zero-order valence-electron chi connectivity index (χ0n) is 11.0. The van der Waals surface area contributed by atoms with Crippen molar-refractivity contribution in [3.8, 4) is 5.75 Å². The SMILES string of the molecule is CC(=O)N1CCC(Oc2ccc([N+](=O)[O-])cc2Cl)CC1. The Hall–Kier alpha value is -1.82. The van der Waals surface area contributed by atoms with Crippen molar-refractivity contribution >= 4 is 23.2 Å². The third kappa shape index (κ3) is 3.39. The van der Waals surface area contributed by atoms with Gasteiger partial charge in [0.2, 0.25) is 5.91 Å². The fourth-order valence-corrected chi connectivity index (χ4v) is 2.39. The minimum Gasteiger partial charge on any atom is -0.489 e. The van der Waals surface area contributed by atoms with Gasteiger partial charge in [0.25, 0.3) is 5.69 Å². The molecular formula is C13H15ClN2O4. The number of halogens is 1. The Morgan fingerprint density at radius 2 is 2.10 bits per heavy atom. The molecule has 0 radical (unpaired) electrons. The minimum absolute atomic E-state index is 0.0236. The highest BCUT2D eigenvalue weighted by atomic mass is 35.5. The molecule has 108 valence electrons. The van der Waals surface area contributed by atoms with Gasteiger partial charge in [-0.15, -0.1) is 0 Å². The zero-order chi connectivity index (χ0) is 14.7. The van der Waals surface area contributed by atoms with Gasteiger partial charge in [0.1, 0.15) is 11.9 Å². The van der Waals surface area contributed by atoms with Crippen LogP contribution in [0.3, 0.4) is 0 Å². The smallest absolute Gasteiger partial charge is 0.271 e. The number of hydrogen-bond donors (Lipinski definition) is 0. The number of nitrogens with zero attached hydrogens (tertiary/aromatic N) is 2. The average molecular weight is 299 g/mol. The van der Waals surface area contributed by atoms with E-state index in [1.54, 1.807) is 11.8 Å². The molecule has 1 aromatic rings. The van der Waals surface area contributed by atoms with Gasteiger partial charge in [0.05, 0.1) is 9.95 Å². The highest BCUT2D eigenvalue weighted by molar-refractivity contribution is 6.32. The van der Waals surface area contributed by atoms with E-state index in [0.29, 0.717) is 18.8 Å². The molecule has 1 heterocycles. The van der Waals surface area contributed by atoms with Crippen LogP contribution in [-0.2, 0) is 4.79 Å². The second-order valence-electron chi connectivity index (χ2n) is 4.70. The van der Waals surface area contributed by atoms with Crippen LogP contribution in [0.2, 0.25) is 5.02 Å². The summed E-state index contributed by atoms with van der Waals surface area (Å²) in [5, 5.41) is 10.9. The number of carbonyl (C=O) groups is 1. The second-order valence-corrected chi connectivity index (χ2v) is 5.10. The maximum absolute atomic E-state index is 11.2. The molecule has 0 bridgehead atoms. The van der Waals surface area contributed by atoms with E-state index in [1.807, 2.05) is 0 Å². The predicted molar refractivity (Wildman–Crippen MR) is 74.0 cm³/mol. The molecule has 0 saturated carbocycles. The zero-order valence-corrected chi connectivity index (χ0v) is 11.8. The van der Waals surface area contributed by atoms with E-state index in [2.05, 4.69) is 0 Å². The number of amides is 1. The molecule has 0 aromatic heterocycles. The van der Waals surface area contributed by atoms with Gasteiger partial charge in [-0.1, -0.05) is 11.6 Å². The van der Waals surface area contributed by atoms with Crippen molar-refractivity contribution in [1.82, 2.24) is 4.90 Å². The second kappa shape index (κ2) is 6.09. The highest BCUT2D eigenvalue weighted by Gasteiger charge is 2.23. The molecule has 2 rings (SSSR count). The summed E-state index contributed by atoms with van der Waals surface area (Å²) in [5.41, 5.74) is -0.0613. The van der Waals surface area contributed by atoms with Crippen molar-refractivity contribution in [2.75, 3.05) is 13.1 Å². The average Bonchev–Trinajstić information content (AvgIpc) is 2.41. The molecule has 1 aliphatic rings. The van der Waals surface area contributed by atoms with Crippen LogP contribution in [-0.4, -0.2) is 34.9 Å². The first-order chi connectivity index (χ1) is 9.47. The van der Waals surface area contributed by atoms with Gasteiger partial charge in [-0.2, -0.15) is 0 Å². The summed E-state index contributed by atoms with van der Waals surface area (Å²) in [4.78, 5) is 23.1. The molecule has 0 unspecified atom stereocenters. The Morgan fingerprint density at radius 3 is 2.60 bits per heavy atom. The van der Waals surface area contributed by atoms with Crippen molar-refractivity contribution in [3.63, 3.8) is 0 Å². The maximum atomic E-state index is 11.2. The van der Waals surface area contributed by atoms with Gasteiger partial charge >= 0.3 is 0 Å². The first-order valence-electron chi connectivity index (χ1n) is 6.33. The van der Waals surface area contributed by atoms with Crippen LogP contribution in [0, 0.1) is 10.1 Å². The molecule has 0 aliphatic carbocycles. The molecule has 7 heteroatoms. The van der Waals surface area contributed by atoms with Gasteiger partial charge in [-0.3, -0.25) is 14.9 Å². The highest BCUT2D eigenvalue weighted by Crippen LogP contribution is 2.30. The Kier molecular flexibility index (Phi) is 4.44. The lowest BCUT2D eigenvalue weighted by atomic mass is 10.1. The van der Waals surface area contributed by atoms with E-state index >= 15 is 0 Å². The van der Waals surface area contributed by atoms with Gasteiger partial charge in [-0.25, -0.2) is 0 Å². The van der Waals surface area contributed by atoms with Crippen LogP contribution in [0.25, 0.3) is 0 Å². The molecule has 1 aliphatic heterocycles. The molecule has 1 saturated heterocycles. The van der Waals surface area contributed by atoms with Crippen molar-refractivity contribution in [3.05, 3.63) is 33.3 Å². The Bertz CT molecular complexity index is 527. The molecular weight excluding hydrogens is 284 g/mol. The fourth-order valence-electron chi connectivity index (χ4n) is 2.17. The third-order valence-electron chi connectivity index (χ3n) is 3.31. The molecule has 6 nitrogen and oxygen atoms in total. The normalized spacial score (nSPS) is 16.0. The number of rotatable bonds is 3. The van der Waals surface area contributed by atoms with Crippen LogP contribution < -0.4 is 4.74 Å². The molecule has 0 atom stereocenters. The first kappa shape index (κ1) is 14.6. The largest absolute Gasteiger partial charge is 0.489 e. The summed E-state index contributed by atoms with van der Waals surface area (Å²) >= 11 is 5.98. The van der Waals surface area contributed by atoms with Crippen LogP contribution in [0.5, 0.6) is 5.75 Å². The number of non-ortho nitro benzene ring substituents is 1. The number of piperidine rings is 1. The fraction of sp³-hybridized carbons (Fsp3) is 0.462. The summed E-state index contributed by atoms with van der Waals surface area (Å²) < 4.78 is 5.76. The van der Waals surface area contributed by atoms with E-state index in [9.17, 15) is 14.9 Å². The number of likely N-dealkylation sites (tertiary alicyclic amines) is 1. The number of nitro groups is 1. The number of carbonyl (C=O) groups excluding carboxylic acids is 1. The summed E-state index contributed by atoms with van der Waals surface area (Å²) in [6.45, 7) is 2.86. The number of hydrogen-bond acceptors (Lipinski definition) is 4. The summed E-state index contributed by atoms with van der Waals surface area (Å²) in [7, 11) is 0. The molecule has 1 fully saturated rings. The topological polar surface area (TPSA) is 72.7 Å². The third-order valence-corrected chi connectivity index (χ3v) is 3.60. The Labute approximate surface area is 121 Å². The van der Waals surface area contributed by atoms with E-state index in [-0.39, 0.29) is 22.7 Å². The van der Waals surface area contributed by atoms with Gasteiger partial charge < -0.3 is 9.64 Å². The van der Waals surface area contributed by atoms with Gasteiger partial charge in [0.15, 0.2) is 0 Å². The summed E-state index contributed by atoms with van der Waals surface area (Å²) in [6.07, 6.45) is 1.43. The molecule has 1 amide bonds. The van der Waals surface area contributed by atoms with E-state index in [0.717, 1.165) is 12.8 Å². The van der Waals surface area contributed by atoms with E-state index in [4.69, 9.17) is 16.3 Å². The van der Waals surface area contributed by atoms with Crippen molar-refractivity contribution in [2.45, 2.75) is 25.9 Å². The molecule has 0 spiro atoms. The van der Waals surface area contributed by atoms with Crippen molar-refractivity contribution < 1.29 is 14.5 Å². The Balaban J connectivity index is 1.98. The van der Waals surface area contributed by atoms with E-state index in [1.165, 1.54) is 18.2 Å². The van der Waals surface area contributed by atoms with Gasteiger partial charge in [0, 0.05) is 45.0 Å². The lowest BCUT2D eigenvalue weighted by molar-refractivity contribution is -0.384. The Morgan fingerprint density at radius 1 is 1.45 bits per heavy atom. The molecule has 0 N–H and O–H groups in total. The van der Waals surface area contributed by atoms with Crippen LogP contribution in [0.4, 0.5) is 5.69 Å². The predicted octanol–water partition coefficient (Wildman–Crippen LogP) is 2.64. The number of ether oxygens (including phenoxy) is 1. The molecule has 20 heavy (non-hydrogen) atoms. The quantitative estimate of drug-likeness (QED) is 0.635. The van der Waals surface area contributed by atoms with Crippen LogP contribution >= 0.6 is 11.6 Å². The monoisotopic (exact) mass is 298 g/mol. The van der Waals surface area contributed by atoms with Crippen molar-refractivity contribution in [1.29, 1.82) is 0 Å².